The zero-order chi connectivity index (χ0) is 13.7. The van der Waals surface area contributed by atoms with E-state index in [9.17, 15) is 9.18 Å². The fraction of sp³-hybridized carbons (Fsp3) is 0.462. The highest BCUT2D eigenvalue weighted by Gasteiger charge is 2.28. The Morgan fingerprint density at radius 2 is 2.17 bits per heavy atom. The summed E-state index contributed by atoms with van der Waals surface area (Å²) in [5.41, 5.74) is 7.08. The van der Waals surface area contributed by atoms with Crippen LogP contribution in [0.3, 0.4) is 0 Å². The van der Waals surface area contributed by atoms with Crippen molar-refractivity contribution in [2.24, 2.45) is 5.73 Å². The van der Waals surface area contributed by atoms with Gasteiger partial charge in [0.05, 0.1) is 19.8 Å². The van der Waals surface area contributed by atoms with E-state index < -0.39 is 18.2 Å². The average Bonchev–Trinajstić information content (AvgIpc) is 2.37. The molecule has 0 amide bonds. The summed E-state index contributed by atoms with van der Waals surface area (Å²) in [5, 5.41) is 0. The summed E-state index contributed by atoms with van der Waals surface area (Å²) in [6.45, 7) is 3.54. The summed E-state index contributed by atoms with van der Waals surface area (Å²) >= 11 is 0. The molecule has 4 nitrogen and oxygen atoms in total. The van der Waals surface area contributed by atoms with Gasteiger partial charge in [-0.2, -0.15) is 0 Å². The molecule has 100 valence electrons. The summed E-state index contributed by atoms with van der Waals surface area (Å²) < 4.78 is 23.5. The van der Waals surface area contributed by atoms with Crippen LogP contribution in [0.1, 0.15) is 24.1 Å². The van der Waals surface area contributed by atoms with Gasteiger partial charge in [-0.1, -0.05) is 6.07 Å². The maximum Gasteiger partial charge on any atom is 0.342 e. The number of rotatable bonds is 5. The van der Waals surface area contributed by atoms with Crippen molar-refractivity contribution in [3.63, 3.8) is 0 Å². The molecule has 1 aromatic rings. The van der Waals surface area contributed by atoms with Crippen LogP contribution in [0, 0.1) is 6.92 Å². The highest BCUT2D eigenvalue weighted by atomic mass is 19.1. The van der Waals surface area contributed by atoms with Crippen molar-refractivity contribution in [3.8, 4) is 5.75 Å². The van der Waals surface area contributed by atoms with E-state index in [0.29, 0.717) is 11.3 Å². The van der Waals surface area contributed by atoms with Crippen LogP contribution in [-0.2, 0) is 9.53 Å². The molecule has 2 atom stereocenters. The lowest BCUT2D eigenvalue weighted by Gasteiger charge is -2.18. The summed E-state index contributed by atoms with van der Waals surface area (Å²) in [5.74, 6) is -0.268. The molecule has 0 spiro atoms. The van der Waals surface area contributed by atoms with Gasteiger partial charge in [0.15, 0.2) is 0 Å². The first kappa shape index (κ1) is 14.4. The summed E-state index contributed by atoms with van der Waals surface area (Å²) in [4.78, 5) is 11.3. The van der Waals surface area contributed by atoms with Gasteiger partial charge < -0.3 is 15.2 Å². The predicted molar refractivity (Wildman–Crippen MR) is 66.2 cm³/mol. The van der Waals surface area contributed by atoms with Gasteiger partial charge in [0, 0.05) is 0 Å². The number of methoxy groups -OCH3 is 1. The zero-order valence-electron chi connectivity index (χ0n) is 10.8. The van der Waals surface area contributed by atoms with Crippen molar-refractivity contribution in [2.75, 3.05) is 13.7 Å². The van der Waals surface area contributed by atoms with Gasteiger partial charge in [-0.3, -0.25) is 0 Å². The number of esters is 1. The van der Waals surface area contributed by atoms with Gasteiger partial charge >= 0.3 is 5.97 Å². The van der Waals surface area contributed by atoms with E-state index in [-0.39, 0.29) is 6.61 Å². The molecule has 0 bridgehead atoms. The third kappa shape index (κ3) is 3.20. The second-order valence-electron chi connectivity index (χ2n) is 3.90. The molecule has 0 aliphatic carbocycles. The lowest BCUT2D eigenvalue weighted by molar-refractivity contribution is -0.149. The number of ether oxygens (including phenoxy) is 2. The van der Waals surface area contributed by atoms with E-state index in [2.05, 4.69) is 4.74 Å². The molecule has 0 saturated carbocycles. The van der Waals surface area contributed by atoms with Gasteiger partial charge in [-0.25, -0.2) is 9.18 Å². The molecule has 1 rings (SSSR count). The van der Waals surface area contributed by atoms with Crippen molar-refractivity contribution < 1.29 is 18.7 Å². The summed E-state index contributed by atoms with van der Waals surface area (Å²) in [6.07, 6.45) is -1.86. The standard InChI is InChI=1S/C13H18FNO3/c1-4-18-13(16)11(14)12(15)10-6-5-9(17-3)7-8(10)2/h5-7,11-12H,4,15H2,1-3H3/t11?,12-/m0/s1. The Labute approximate surface area is 106 Å². The van der Waals surface area contributed by atoms with Crippen LogP contribution in [0.5, 0.6) is 5.75 Å². The largest absolute Gasteiger partial charge is 0.497 e. The second kappa shape index (κ2) is 6.35. The third-order valence-corrected chi connectivity index (χ3v) is 2.66. The first-order valence-corrected chi connectivity index (χ1v) is 5.72. The first-order chi connectivity index (χ1) is 8.51. The second-order valence-corrected chi connectivity index (χ2v) is 3.90. The molecule has 1 aromatic carbocycles. The van der Waals surface area contributed by atoms with Crippen molar-refractivity contribution in [2.45, 2.75) is 26.1 Å². The SMILES string of the molecule is CCOC(=O)C(F)[C@@H](N)c1ccc(OC)cc1C. The number of aryl methyl sites for hydroxylation is 1. The lowest BCUT2D eigenvalue weighted by Crippen LogP contribution is -2.32. The first-order valence-electron chi connectivity index (χ1n) is 5.72. The minimum atomic E-state index is -1.86. The van der Waals surface area contributed by atoms with Crippen LogP contribution in [-0.4, -0.2) is 25.9 Å². The van der Waals surface area contributed by atoms with Crippen molar-refractivity contribution in [1.29, 1.82) is 0 Å². The Morgan fingerprint density at radius 1 is 1.50 bits per heavy atom. The molecular formula is C13H18FNO3. The highest BCUT2D eigenvalue weighted by Crippen LogP contribution is 2.25. The van der Waals surface area contributed by atoms with Crippen LogP contribution < -0.4 is 10.5 Å². The molecular weight excluding hydrogens is 237 g/mol. The summed E-state index contributed by atoms with van der Waals surface area (Å²) in [7, 11) is 1.55. The summed E-state index contributed by atoms with van der Waals surface area (Å²) in [6, 6.07) is 4.05. The van der Waals surface area contributed by atoms with Crippen LogP contribution in [0.2, 0.25) is 0 Å². The van der Waals surface area contributed by atoms with Crippen LogP contribution >= 0.6 is 0 Å². The number of carbonyl (C=O) groups excluding carboxylic acids is 1. The van der Waals surface area contributed by atoms with Crippen LogP contribution in [0.4, 0.5) is 4.39 Å². The Balaban J connectivity index is 2.89. The lowest BCUT2D eigenvalue weighted by atomic mass is 9.98. The number of nitrogens with two attached hydrogens (primary N) is 1. The highest BCUT2D eigenvalue weighted by molar-refractivity contribution is 5.75. The van der Waals surface area contributed by atoms with E-state index in [0.717, 1.165) is 5.56 Å². The minimum absolute atomic E-state index is 0.133. The number of halogens is 1. The molecule has 0 aliphatic rings. The van der Waals surface area contributed by atoms with Crippen LogP contribution in [0.15, 0.2) is 18.2 Å². The molecule has 0 radical (unpaired) electrons. The molecule has 2 N–H and O–H groups in total. The third-order valence-electron chi connectivity index (χ3n) is 2.66. The number of hydrogen-bond acceptors (Lipinski definition) is 4. The Hall–Kier alpha value is -1.62. The van der Waals surface area contributed by atoms with Gasteiger partial charge in [0.2, 0.25) is 6.17 Å². The number of carbonyl (C=O) groups is 1. The van der Waals surface area contributed by atoms with E-state index >= 15 is 0 Å². The number of hydrogen-bond donors (Lipinski definition) is 1. The fourth-order valence-electron chi connectivity index (χ4n) is 1.68. The zero-order valence-corrected chi connectivity index (χ0v) is 10.8. The minimum Gasteiger partial charge on any atom is -0.497 e. The van der Waals surface area contributed by atoms with Crippen molar-refractivity contribution in [1.82, 2.24) is 0 Å². The molecule has 0 aromatic heterocycles. The van der Waals surface area contributed by atoms with E-state index in [4.69, 9.17) is 10.5 Å². The monoisotopic (exact) mass is 255 g/mol. The average molecular weight is 255 g/mol. The smallest absolute Gasteiger partial charge is 0.342 e. The van der Waals surface area contributed by atoms with Crippen molar-refractivity contribution in [3.05, 3.63) is 29.3 Å². The van der Waals surface area contributed by atoms with Gasteiger partial charge in [-0.05, 0) is 37.1 Å². The van der Waals surface area contributed by atoms with Crippen molar-refractivity contribution >= 4 is 5.97 Å². The van der Waals surface area contributed by atoms with E-state index in [1.807, 2.05) is 0 Å². The molecule has 0 aliphatic heterocycles. The van der Waals surface area contributed by atoms with Gasteiger partial charge in [0.1, 0.15) is 5.75 Å². The predicted octanol–water partition coefficient (Wildman–Crippen LogP) is 1.90. The van der Waals surface area contributed by atoms with Gasteiger partial charge in [0.25, 0.3) is 0 Å². The fourth-order valence-corrected chi connectivity index (χ4v) is 1.68. The molecule has 0 saturated heterocycles. The Bertz CT molecular complexity index is 423. The molecule has 0 heterocycles. The van der Waals surface area contributed by atoms with Gasteiger partial charge in [-0.15, -0.1) is 0 Å². The Morgan fingerprint density at radius 3 is 2.67 bits per heavy atom. The van der Waals surface area contributed by atoms with E-state index in [1.54, 1.807) is 39.2 Å². The molecule has 0 fully saturated rings. The topological polar surface area (TPSA) is 61.5 Å². The Kier molecular flexibility index (Phi) is 5.09. The van der Waals surface area contributed by atoms with E-state index in [1.165, 1.54) is 0 Å². The quantitative estimate of drug-likeness (QED) is 0.816. The maximum absolute atomic E-state index is 13.8. The normalized spacial score (nSPS) is 13.8. The maximum atomic E-state index is 13.8. The number of alkyl halides is 1. The molecule has 5 heteroatoms. The number of benzene rings is 1. The van der Waals surface area contributed by atoms with Crippen LogP contribution in [0.25, 0.3) is 0 Å². The molecule has 18 heavy (non-hydrogen) atoms. The molecule has 1 unspecified atom stereocenters.